The molecule has 41 heavy (non-hydrogen) atoms. The number of hydrogen-bond donors (Lipinski definition) is 0. The van der Waals surface area contributed by atoms with E-state index in [1.807, 2.05) is 0 Å². The van der Waals surface area contributed by atoms with Crippen LogP contribution in [0.1, 0.15) is 193 Å². The van der Waals surface area contributed by atoms with Crippen LogP contribution in [0.25, 0.3) is 0 Å². The first-order valence-electron chi connectivity index (χ1n) is 18.3. The smallest absolute Gasteiger partial charge is 0.119 e. The van der Waals surface area contributed by atoms with Crippen LogP contribution in [0, 0.1) is 0 Å². The highest BCUT2D eigenvalue weighted by Crippen LogP contribution is 2.35. The first-order chi connectivity index (χ1) is 19.4. The number of unbranched alkanes of at least 4 members (excludes halogenated alkanes) is 22. The molecule has 0 amide bonds. The minimum atomic E-state index is 0. The second-order valence-electron chi connectivity index (χ2n) is 14.2. The summed E-state index contributed by atoms with van der Waals surface area (Å²) in [6.45, 7) is 10.9. The quantitative estimate of drug-likeness (QED) is 0.0724. The molecule has 0 fully saturated rings. The number of benzene rings is 1. The zero-order valence-corrected chi connectivity index (χ0v) is 29.1. The van der Waals surface area contributed by atoms with Gasteiger partial charge >= 0.3 is 0 Å². The molecule has 1 aromatic rings. The Morgan fingerprint density at radius 2 is 0.829 bits per heavy atom. The number of quaternary nitrogens is 1. The van der Waals surface area contributed by atoms with Crippen LogP contribution >= 0.6 is 0 Å². The molecule has 0 aromatic heterocycles. The Kier molecular flexibility index (Phi) is 25.1. The molecule has 1 N–H and O–H groups in total. The Morgan fingerprint density at radius 1 is 0.488 bits per heavy atom. The lowest BCUT2D eigenvalue weighted by molar-refractivity contribution is -0.945. The standard InChI is InChI=1S/C39H74N.H2O/c1-7-9-11-13-15-17-19-20-21-22-24-26-28-32-36-40(5,6)39(3,4)38-35-31-30-34-37(38)33-29-27-25-23-18-16-14-12-10-8-2;/h30-31,34-35H,7-29,32-33,36H2,1-6H3;1H2/q+1;/p-1. The van der Waals surface area contributed by atoms with Crippen molar-refractivity contribution < 1.29 is 9.96 Å². The fourth-order valence-corrected chi connectivity index (χ4v) is 6.45. The predicted molar refractivity (Wildman–Crippen MR) is 184 cm³/mol. The highest BCUT2D eigenvalue weighted by Gasteiger charge is 2.39. The van der Waals surface area contributed by atoms with Crippen molar-refractivity contribution in [2.75, 3.05) is 20.6 Å². The molecule has 0 bridgehead atoms. The molecule has 1 aromatic carbocycles. The van der Waals surface area contributed by atoms with E-state index in [0.717, 1.165) is 4.48 Å². The van der Waals surface area contributed by atoms with Gasteiger partial charge in [-0.2, -0.15) is 0 Å². The summed E-state index contributed by atoms with van der Waals surface area (Å²) in [7, 11) is 4.94. The molecule has 0 aliphatic rings. The summed E-state index contributed by atoms with van der Waals surface area (Å²) in [6.07, 6.45) is 35.5. The van der Waals surface area contributed by atoms with Crippen LogP contribution in [0.3, 0.4) is 0 Å². The molecule has 0 heterocycles. The van der Waals surface area contributed by atoms with Crippen molar-refractivity contribution >= 4 is 0 Å². The van der Waals surface area contributed by atoms with Gasteiger partial charge in [-0.05, 0) is 45.1 Å². The van der Waals surface area contributed by atoms with Crippen LogP contribution in [0.2, 0.25) is 0 Å². The van der Waals surface area contributed by atoms with Crippen molar-refractivity contribution in [2.45, 2.75) is 194 Å². The molecule has 242 valence electrons. The van der Waals surface area contributed by atoms with E-state index in [0.29, 0.717) is 0 Å². The highest BCUT2D eigenvalue weighted by molar-refractivity contribution is 5.31. The molecule has 0 saturated carbocycles. The normalized spacial score (nSPS) is 12.0. The van der Waals surface area contributed by atoms with Gasteiger partial charge in [-0.25, -0.2) is 0 Å². The van der Waals surface area contributed by atoms with Crippen LogP contribution in [0.15, 0.2) is 24.3 Å². The van der Waals surface area contributed by atoms with Crippen LogP contribution in [-0.4, -0.2) is 30.6 Å². The van der Waals surface area contributed by atoms with Gasteiger partial charge in [0.05, 0.1) is 20.6 Å². The van der Waals surface area contributed by atoms with E-state index in [9.17, 15) is 0 Å². The maximum absolute atomic E-state index is 2.49. The van der Waals surface area contributed by atoms with E-state index in [1.165, 1.54) is 167 Å². The van der Waals surface area contributed by atoms with Crippen LogP contribution in [-0.2, 0) is 12.0 Å². The summed E-state index contributed by atoms with van der Waals surface area (Å²) in [4.78, 5) is 0. The van der Waals surface area contributed by atoms with E-state index in [4.69, 9.17) is 0 Å². The van der Waals surface area contributed by atoms with E-state index >= 15 is 0 Å². The van der Waals surface area contributed by atoms with Gasteiger partial charge in [0, 0.05) is 5.56 Å². The lowest BCUT2D eigenvalue weighted by Crippen LogP contribution is -2.54. The molecular formula is C39H75NO. The second-order valence-corrected chi connectivity index (χ2v) is 14.2. The Morgan fingerprint density at radius 3 is 1.24 bits per heavy atom. The fourth-order valence-electron chi connectivity index (χ4n) is 6.45. The van der Waals surface area contributed by atoms with Gasteiger partial charge in [-0.15, -0.1) is 0 Å². The monoisotopic (exact) mass is 574 g/mol. The average molecular weight is 574 g/mol. The van der Waals surface area contributed by atoms with E-state index in [-0.39, 0.29) is 11.0 Å². The minimum absolute atomic E-state index is 0. The van der Waals surface area contributed by atoms with Gasteiger partial charge < -0.3 is 9.96 Å². The van der Waals surface area contributed by atoms with Crippen LogP contribution in [0.4, 0.5) is 0 Å². The summed E-state index contributed by atoms with van der Waals surface area (Å²) in [5, 5.41) is 0. The number of rotatable bonds is 28. The lowest BCUT2D eigenvalue weighted by atomic mass is 9.84. The van der Waals surface area contributed by atoms with Crippen molar-refractivity contribution in [3.63, 3.8) is 0 Å². The Balaban J connectivity index is 0.0000160. The third-order valence-corrected chi connectivity index (χ3v) is 10.1. The minimum Gasteiger partial charge on any atom is -0.870 e. The summed E-state index contributed by atoms with van der Waals surface area (Å²) in [6, 6.07) is 9.37. The molecule has 0 unspecified atom stereocenters. The lowest BCUT2D eigenvalue weighted by Gasteiger charge is -2.46. The molecule has 0 atom stereocenters. The summed E-state index contributed by atoms with van der Waals surface area (Å²) in [5.74, 6) is 0. The second kappa shape index (κ2) is 25.6. The molecule has 2 nitrogen and oxygen atoms in total. The van der Waals surface area contributed by atoms with Gasteiger partial charge in [-0.3, -0.25) is 0 Å². The van der Waals surface area contributed by atoms with E-state index in [1.54, 1.807) is 11.1 Å². The van der Waals surface area contributed by atoms with Crippen molar-refractivity contribution in [3.8, 4) is 0 Å². The molecule has 0 aliphatic heterocycles. The van der Waals surface area contributed by atoms with E-state index in [2.05, 4.69) is 66.1 Å². The molecular weight excluding hydrogens is 498 g/mol. The third kappa shape index (κ3) is 18.4. The highest BCUT2D eigenvalue weighted by atomic mass is 16.0. The first kappa shape index (κ1) is 40.1. The summed E-state index contributed by atoms with van der Waals surface area (Å²) in [5.41, 5.74) is 3.33. The zero-order valence-electron chi connectivity index (χ0n) is 29.1. The first-order valence-corrected chi connectivity index (χ1v) is 18.3. The Bertz CT molecular complexity index is 695. The van der Waals surface area contributed by atoms with Crippen molar-refractivity contribution in [2.24, 2.45) is 0 Å². The van der Waals surface area contributed by atoms with Gasteiger partial charge in [0.25, 0.3) is 0 Å². The maximum Gasteiger partial charge on any atom is 0.119 e. The summed E-state index contributed by atoms with van der Waals surface area (Å²) >= 11 is 0. The van der Waals surface area contributed by atoms with E-state index < -0.39 is 0 Å². The van der Waals surface area contributed by atoms with Crippen LogP contribution < -0.4 is 0 Å². The third-order valence-electron chi connectivity index (χ3n) is 10.1. The molecule has 2 heteroatoms. The largest absolute Gasteiger partial charge is 0.870 e. The Hall–Kier alpha value is -0.860. The Labute approximate surface area is 259 Å². The van der Waals surface area contributed by atoms with Gasteiger partial charge in [0.2, 0.25) is 0 Å². The number of nitrogens with zero attached hydrogens (tertiary/aromatic N) is 1. The molecule has 1 rings (SSSR count). The zero-order chi connectivity index (χ0) is 29.4. The fraction of sp³-hybridized carbons (Fsp3) is 0.846. The van der Waals surface area contributed by atoms with Gasteiger partial charge in [-0.1, -0.05) is 173 Å². The average Bonchev–Trinajstić information content (AvgIpc) is 2.94. The van der Waals surface area contributed by atoms with Crippen molar-refractivity contribution in [1.82, 2.24) is 0 Å². The SMILES string of the molecule is CCCCCCCCCCCCCCCC[N+](C)(C)C(C)(C)c1ccccc1CCCCCCCCCCCC.[OH-]. The molecule has 0 spiro atoms. The van der Waals surface area contributed by atoms with Gasteiger partial charge in [0.15, 0.2) is 0 Å². The topological polar surface area (TPSA) is 30.0 Å². The van der Waals surface area contributed by atoms with Crippen molar-refractivity contribution in [3.05, 3.63) is 35.4 Å². The molecule has 0 radical (unpaired) electrons. The number of hydrogen-bond acceptors (Lipinski definition) is 1. The van der Waals surface area contributed by atoms with Crippen LogP contribution in [0.5, 0.6) is 0 Å². The number of aryl methyl sites for hydroxylation is 1. The predicted octanol–water partition coefficient (Wildman–Crippen LogP) is 12.8. The maximum atomic E-state index is 2.49. The van der Waals surface area contributed by atoms with Crippen molar-refractivity contribution in [1.29, 1.82) is 0 Å². The molecule has 0 aliphatic carbocycles. The van der Waals surface area contributed by atoms with Gasteiger partial charge in [0.1, 0.15) is 5.54 Å². The summed E-state index contributed by atoms with van der Waals surface area (Å²) < 4.78 is 1.08. The molecule has 0 saturated heterocycles.